The number of piperidine rings is 1. The van der Waals surface area contributed by atoms with E-state index in [4.69, 9.17) is 9.72 Å². The van der Waals surface area contributed by atoms with E-state index in [0.717, 1.165) is 25.9 Å². The van der Waals surface area contributed by atoms with Crippen molar-refractivity contribution in [1.82, 2.24) is 9.97 Å². The summed E-state index contributed by atoms with van der Waals surface area (Å²) < 4.78 is 5.45. The summed E-state index contributed by atoms with van der Waals surface area (Å²) in [7, 11) is 1.59. The predicted molar refractivity (Wildman–Crippen MR) is 113 cm³/mol. The zero-order chi connectivity index (χ0) is 21.1. The summed E-state index contributed by atoms with van der Waals surface area (Å²) in [6.07, 6.45) is 3.42. The fraction of sp³-hybridized carbons (Fsp3) is 0.286. The molecule has 30 heavy (non-hydrogen) atoms. The number of benzene rings is 2. The highest BCUT2D eigenvalue weighted by molar-refractivity contribution is 6.05. The molecule has 154 valence electrons. The third kappa shape index (κ3) is 4.00. The van der Waals surface area contributed by atoms with E-state index in [1.54, 1.807) is 25.3 Å². The minimum absolute atomic E-state index is 0.0632. The number of hydrogen-bond donors (Lipinski definition) is 1. The molecule has 4 rings (SSSR count). The molecule has 1 N–H and O–H groups in total. The van der Waals surface area contributed by atoms with Gasteiger partial charge in [-0.3, -0.25) is 14.9 Å². The van der Waals surface area contributed by atoms with Gasteiger partial charge in [0.2, 0.25) is 0 Å². The number of anilines is 2. The van der Waals surface area contributed by atoms with Gasteiger partial charge in [0.25, 0.3) is 17.5 Å². The summed E-state index contributed by atoms with van der Waals surface area (Å²) in [6, 6.07) is 10.7. The molecule has 0 spiro atoms. The van der Waals surface area contributed by atoms with E-state index < -0.39 is 4.92 Å². The van der Waals surface area contributed by atoms with Crippen LogP contribution in [0.5, 0.6) is 5.88 Å². The Hall–Kier alpha value is -3.75. The standard InChI is InChI=1S/C21H21N5O4/c1-30-21-19(25-11-3-2-4-12-25)23-18-13-15(7-10-17(18)24-21)22-20(27)14-5-8-16(9-6-14)26(28)29/h5-10,13H,2-4,11-12H2,1H3,(H,22,27). The van der Waals surface area contributed by atoms with E-state index in [2.05, 4.69) is 15.2 Å². The molecule has 0 aliphatic carbocycles. The van der Waals surface area contributed by atoms with Crippen molar-refractivity contribution >= 4 is 34.1 Å². The van der Waals surface area contributed by atoms with E-state index in [9.17, 15) is 14.9 Å². The number of carbonyl (C=O) groups excluding carboxylic acids is 1. The average Bonchev–Trinajstić information content (AvgIpc) is 2.78. The number of rotatable bonds is 5. The minimum atomic E-state index is -0.502. The quantitative estimate of drug-likeness (QED) is 0.506. The van der Waals surface area contributed by atoms with E-state index in [-0.39, 0.29) is 11.6 Å². The molecule has 1 amide bonds. The van der Waals surface area contributed by atoms with Gasteiger partial charge in [-0.25, -0.2) is 9.97 Å². The van der Waals surface area contributed by atoms with Crippen LogP contribution in [0.2, 0.25) is 0 Å². The van der Waals surface area contributed by atoms with Crippen molar-refractivity contribution in [3.63, 3.8) is 0 Å². The van der Waals surface area contributed by atoms with Gasteiger partial charge < -0.3 is 15.0 Å². The van der Waals surface area contributed by atoms with Crippen LogP contribution in [-0.2, 0) is 0 Å². The number of nitro benzene ring substituents is 1. The molecule has 0 bridgehead atoms. The number of ether oxygens (including phenoxy) is 1. The van der Waals surface area contributed by atoms with Gasteiger partial charge >= 0.3 is 0 Å². The van der Waals surface area contributed by atoms with Crippen molar-refractivity contribution in [3.05, 3.63) is 58.1 Å². The molecule has 2 aromatic carbocycles. The van der Waals surface area contributed by atoms with Crippen molar-refractivity contribution in [2.24, 2.45) is 0 Å². The van der Waals surface area contributed by atoms with Crippen LogP contribution >= 0.6 is 0 Å². The van der Waals surface area contributed by atoms with Gasteiger partial charge in [0.05, 0.1) is 23.1 Å². The maximum Gasteiger partial charge on any atom is 0.269 e. The number of carbonyl (C=O) groups is 1. The van der Waals surface area contributed by atoms with Gasteiger partial charge in [-0.15, -0.1) is 0 Å². The second-order valence-electron chi connectivity index (χ2n) is 7.07. The van der Waals surface area contributed by atoms with Crippen molar-refractivity contribution in [1.29, 1.82) is 0 Å². The summed E-state index contributed by atoms with van der Waals surface area (Å²) in [5, 5.41) is 13.6. The lowest BCUT2D eigenvalue weighted by molar-refractivity contribution is -0.384. The fourth-order valence-corrected chi connectivity index (χ4v) is 3.49. The molecule has 9 nitrogen and oxygen atoms in total. The summed E-state index contributed by atoms with van der Waals surface area (Å²) >= 11 is 0. The number of nitrogens with one attached hydrogen (secondary N) is 1. The topological polar surface area (TPSA) is 110 Å². The number of nitro groups is 1. The van der Waals surface area contributed by atoms with E-state index in [1.807, 2.05) is 0 Å². The number of amides is 1. The Morgan fingerprint density at radius 1 is 1.07 bits per heavy atom. The lowest BCUT2D eigenvalue weighted by atomic mass is 10.1. The smallest absolute Gasteiger partial charge is 0.269 e. The Labute approximate surface area is 172 Å². The van der Waals surface area contributed by atoms with Crippen LogP contribution in [0, 0.1) is 10.1 Å². The third-order valence-electron chi connectivity index (χ3n) is 5.06. The van der Waals surface area contributed by atoms with Gasteiger partial charge in [-0.05, 0) is 49.6 Å². The fourth-order valence-electron chi connectivity index (χ4n) is 3.49. The number of aromatic nitrogens is 2. The number of nitrogens with zero attached hydrogens (tertiary/aromatic N) is 4. The monoisotopic (exact) mass is 407 g/mol. The molecular formula is C21H21N5O4. The Morgan fingerprint density at radius 3 is 2.47 bits per heavy atom. The predicted octanol–water partition coefficient (Wildman–Crippen LogP) is 3.79. The second-order valence-corrected chi connectivity index (χ2v) is 7.07. The van der Waals surface area contributed by atoms with Crippen molar-refractivity contribution in [2.75, 3.05) is 30.4 Å². The average molecular weight is 407 g/mol. The second kappa shape index (κ2) is 8.32. The van der Waals surface area contributed by atoms with Crippen LogP contribution in [0.1, 0.15) is 29.6 Å². The molecule has 0 radical (unpaired) electrons. The first-order chi connectivity index (χ1) is 14.5. The summed E-state index contributed by atoms with van der Waals surface area (Å²) in [4.78, 5) is 34.3. The van der Waals surface area contributed by atoms with Crippen LogP contribution in [0.4, 0.5) is 17.2 Å². The molecular weight excluding hydrogens is 386 g/mol. The molecule has 2 heterocycles. The lowest BCUT2D eigenvalue weighted by Gasteiger charge is -2.28. The van der Waals surface area contributed by atoms with Crippen LogP contribution in [0.25, 0.3) is 11.0 Å². The molecule has 0 saturated carbocycles. The zero-order valence-corrected chi connectivity index (χ0v) is 16.5. The molecule has 1 aliphatic rings. The maximum absolute atomic E-state index is 12.5. The largest absolute Gasteiger partial charge is 0.478 e. The zero-order valence-electron chi connectivity index (χ0n) is 16.5. The number of fused-ring (bicyclic) bond motifs is 1. The van der Waals surface area contributed by atoms with Crippen LogP contribution in [-0.4, -0.2) is 41.0 Å². The van der Waals surface area contributed by atoms with Crippen molar-refractivity contribution in [3.8, 4) is 5.88 Å². The van der Waals surface area contributed by atoms with Crippen LogP contribution in [0.3, 0.4) is 0 Å². The lowest BCUT2D eigenvalue weighted by Crippen LogP contribution is -2.30. The van der Waals surface area contributed by atoms with Gasteiger partial charge in [-0.1, -0.05) is 0 Å². The maximum atomic E-state index is 12.5. The molecule has 3 aromatic rings. The van der Waals surface area contributed by atoms with Crippen molar-refractivity contribution < 1.29 is 14.5 Å². The van der Waals surface area contributed by atoms with E-state index in [1.165, 1.54) is 30.7 Å². The summed E-state index contributed by atoms with van der Waals surface area (Å²) in [6.45, 7) is 1.82. The van der Waals surface area contributed by atoms with E-state index >= 15 is 0 Å². The normalized spacial score (nSPS) is 13.8. The van der Waals surface area contributed by atoms with Gasteiger partial charge in [0.15, 0.2) is 5.82 Å². The SMILES string of the molecule is COc1nc2ccc(NC(=O)c3ccc([N+](=O)[O-])cc3)cc2nc1N1CCCCC1. The number of hydrogen-bond acceptors (Lipinski definition) is 7. The van der Waals surface area contributed by atoms with Gasteiger partial charge in [0, 0.05) is 36.5 Å². The summed E-state index contributed by atoms with van der Waals surface area (Å²) in [5.74, 6) is 0.845. The number of methoxy groups -OCH3 is 1. The van der Waals surface area contributed by atoms with Crippen LogP contribution < -0.4 is 15.0 Å². The van der Waals surface area contributed by atoms with Crippen molar-refractivity contribution in [2.45, 2.75) is 19.3 Å². The van der Waals surface area contributed by atoms with Gasteiger partial charge in [-0.2, -0.15) is 0 Å². The third-order valence-corrected chi connectivity index (χ3v) is 5.06. The first-order valence-electron chi connectivity index (χ1n) is 9.72. The molecule has 1 aromatic heterocycles. The van der Waals surface area contributed by atoms with Gasteiger partial charge in [0.1, 0.15) is 0 Å². The molecule has 0 unspecified atom stereocenters. The molecule has 0 atom stereocenters. The molecule has 9 heteroatoms. The Morgan fingerprint density at radius 2 is 1.80 bits per heavy atom. The Kier molecular flexibility index (Phi) is 5.42. The number of non-ortho nitro benzene ring substituents is 1. The highest BCUT2D eigenvalue weighted by Gasteiger charge is 2.19. The summed E-state index contributed by atoms with van der Waals surface area (Å²) in [5.41, 5.74) is 2.15. The highest BCUT2D eigenvalue weighted by Crippen LogP contribution is 2.30. The first-order valence-corrected chi connectivity index (χ1v) is 9.72. The Bertz CT molecular complexity index is 1090. The molecule has 1 fully saturated rings. The molecule has 1 aliphatic heterocycles. The van der Waals surface area contributed by atoms with E-state index in [0.29, 0.717) is 34.0 Å². The minimum Gasteiger partial charge on any atom is -0.478 e. The van der Waals surface area contributed by atoms with Crippen LogP contribution in [0.15, 0.2) is 42.5 Å². The first kappa shape index (κ1) is 19.6. The highest BCUT2D eigenvalue weighted by atomic mass is 16.6. The Balaban J connectivity index is 1.60. The molecule has 1 saturated heterocycles.